The zero-order valence-electron chi connectivity index (χ0n) is 20.4. The van der Waals surface area contributed by atoms with Crippen molar-refractivity contribution in [2.75, 3.05) is 7.11 Å². The van der Waals surface area contributed by atoms with E-state index in [1.807, 2.05) is 30.3 Å². The predicted octanol–water partition coefficient (Wildman–Crippen LogP) is 4.07. The van der Waals surface area contributed by atoms with Crippen molar-refractivity contribution in [3.05, 3.63) is 82.1 Å². The highest BCUT2D eigenvalue weighted by Crippen LogP contribution is 2.46. The molecule has 2 heterocycles. The van der Waals surface area contributed by atoms with Crippen molar-refractivity contribution < 1.29 is 39.5 Å². The Labute approximate surface area is 219 Å². The number of ether oxygens (including phenoxy) is 1. The molecule has 5 rings (SSSR count). The molecule has 5 aromatic rings. The smallest absolute Gasteiger partial charge is 0.306 e. The quantitative estimate of drug-likeness (QED) is 0.138. The van der Waals surface area contributed by atoms with E-state index in [9.17, 15) is 35.1 Å². The Morgan fingerprint density at radius 2 is 1.69 bits per heavy atom. The lowest BCUT2D eigenvalue weighted by Gasteiger charge is -2.20. The van der Waals surface area contributed by atoms with Gasteiger partial charge < -0.3 is 34.7 Å². The van der Waals surface area contributed by atoms with Crippen molar-refractivity contribution in [1.82, 2.24) is 10.2 Å². The van der Waals surface area contributed by atoms with Crippen LogP contribution in [0.2, 0.25) is 0 Å². The average molecular weight is 530 g/mol. The number of benzene rings is 3. The van der Waals surface area contributed by atoms with Crippen LogP contribution in [0.15, 0.2) is 70.0 Å². The number of hydrogen-bond acceptors (Lipinski definition) is 10. The van der Waals surface area contributed by atoms with Crippen molar-refractivity contribution in [2.45, 2.75) is 12.3 Å². The number of nitrogens with zero attached hydrogens (tertiary/aromatic N) is 1. The van der Waals surface area contributed by atoms with E-state index in [0.717, 1.165) is 23.8 Å². The summed E-state index contributed by atoms with van der Waals surface area (Å²) in [6, 6.07) is 13.5. The Hall–Kier alpha value is -5.45. The number of rotatable bonds is 6. The minimum Gasteiger partial charge on any atom is -0.507 e. The highest BCUT2D eigenvalue weighted by Gasteiger charge is 2.32. The van der Waals surface area contributed by atoms with Crippen LogP contribution in [-0.4, -0.2) is 48.8 Å². The molecule has 0 bridgehead atoms. The van der Waals surface area contributed by atoms with Gasteiger partial charge in [-0.05, 0) is 23.8 Å². The maximum atomic E-state index is 13.3. The van der Waals surface area contributed by atoms with Crippen LogP contribution >= 0.6 is 0 Å². The molecule has 0 saturated heterocycles. The summed E-state index contributed by atoms with van der Waals surface area (Å²) in [5.74, 6) is -5.07. The molecule has 0 aliphatic rings. The number of phenolic OH excluding ortho intramolecular Hbond substituents is 4. The number of nitrogens with one attached hydrogen (secondary N) is 1. The standard InChI is InChI=1S/C28H22N2O9/c1-38-21(35)10-15(16-12-29-30-24(16)13-5-3-2-4-6-13)22-19(33)11-20(34)23-25(36)26(37)27(39-28(22)23)14-7-8-17(31)18(32)9-14/h2-9,11-12,15,31-34,37H,10H2,1H3,(H,29,30)/t15-/m0/s1. The second-order valence-corrected chi connectivity index (χ2v) is 8.74. The summed E-state index contributed by atoms with van der Waals surface area (Å²) in [7, 11) is 1.20. The van der Waals surface area contributed by atoms with Gasteiger partial charge in [-0.25, -0.2) is 0 Å². The SMILES string of the molecule is COC(=O)C[C@@H](c1cn[nH]c1-c1ccccc1)c1c(O)cc(O)c2c(=O)c(O)c(-c3ccc(O)c(O)c3)oc12. The number of aromatic nitrogens is 2. The van der Waals surface area contributed by atoms with E-state index >= 15 is 0 Å². The molecule has 0 unspecified atom stereocenters. The molecule has 6 N–H and O–H groups in total. The number of fused-ring (bicyclic) bond motifs is 1. The monoisotopic (exact) mass is 530 g/mol. The fourth-order valence-electron chi connectivity index (χ4n) is 4.55. The molecule has 0 radical (unpaired) electrons. The molecule has 0 aliphatic heterocycles. The highest BCUT2D eigenvalue weighted by molar-refractivity contribution is 5.92. The Balaban J connectivity index is 1.84. The molecule has 3 aromatic carbocycles. The highest BCUT2D eigenvalue weighted by atomic mass is 16.5. The van der Waals surface area contributed by atoms with Gasteiger partial charge in [0.05, 0.1) is 25.4 Å². The van der Waals surface area contributed by atoms with Crippen LogP contribution in [0.5, 0.6) is 28.7 Å². The zero-order chi connectivity index (χ0) is 27.8. The number of carbonyl (C=O) groups excluding carboxylic acids is 1. The lowest BCUT2D eigenvalue weighted by atomic mass is 9.85. The van der Waals surface area contributed by atoms with Gasteiger partial charge >= 0.3 is 5.97 Å². The van der Waals surface area contributed by atoms with Gasteiger partial charge in [0.1, 0.15) is 22.5 Å². The lowest BCUT2D eigenvalue weighted by molar-refractivity contribution is -0.140. The molecule has 1 atom stereocenters. The Bertz CT molecular complexity index is 1770. The number of H-pyrrole nitrogens is 1. The van der Waals surface area contributed by atoms with Gasteiger partial charge in [-0.15, -0.1) is 0 Å². The van der Waals surface area contributed by atoms with Crippen molar-refractivity contribution in [3.8, 4) is 51.3 Å². The van der Waals surface area contributed by atoms with E-state index in [-0.39, 0.29) is 23.1 Å². The molecule has 0 saturated carbocycles. The van der Waals surface area contributed by atoms with Crippen LogP contribution in [0, 0.1) is 0 Å². The topological polar surface area (TPSA) is 186 Å². The maximum Gasteiger partial charge on any atom is 0.306 e. The molecule has 198 valence electrons. The summed E-state index contributed by atoms with van der Waals surface area (Å²) in [5, 5.41) is 58.6. The largest absolute Gasteiger partial charge is 0.507 e. The molecule has 11 nitrogen and oxygen atoms in total. The first kappa shape index (κ1) is 25.2. The van der Waals surface area contributed by atoms with Crippen molar-refractivity contribution in [3.63, 3.8) is 0 Å². The van der Waals surface area contributed by atoms with E-state index in [1.54, 1.807) is 0 Å². The Kier molecular flexibility index (Phi) is 6.32. The van der Waals surface area contributed by atoms with E-state index < -0.39 is 57.2 Å². The summed E-state index contributed by atoms with van der Waals surface area (Å²) in [4.78, 5) is 25.8. The number of hydrogen-bond donors (Lipinski definition) is 6. The van der Waals surface area contributed by atoms with Gasteiger partial charge in [-0.2, -0.15) is 5.10 Å². The molecule has 0 aliphatic carbocycles. The normalized spacial score (nSPS) is 11.9. The van der Waals surface area contributed by atoms with Gasteiger partial charge in [0.15, 0.2) is 17.3 Å². The molecular formula is C28H22N2O9. The van der Waals surface area contributed by atoms with Crippen molar-refractivity contribution >= 4 is 16.9 Å². The molecule has 0 amide bonds. The van der Waals surface area contributed by atoms with Crippen LogP contribution < -0.4 is 5.43 Å². The predicted molar refractivity (Wildman–Crippen MR) is 139 cm³/mol. The third-order valence-electron chi connectivity index (χ3n) is 6.43. The van der Waals surface area contributed by atoms with Gasteiger partial charge in [-0.3, -0.25) is 14.7 Å². The summed E-state index contributed by atoms with van der Waals surface area (Å²) in [5.41, 5.74) is 0.337. The number of esters is 1. The summed E-state index contributed by atoms with van der Waals surface area (Å²) >= 11 is 0. The van der Waals surface area contributed by atoms with Crippen molar-refractivity contribution in [1.29, 1.82) is 0 Å². The second-order valence-electron chi connectivity index (χ2n) is 8.74. The minimum absolute atomic E-state index is 0.0217. The minimum atomic E-state index is -1.02. The Morgan fingerprint density at radius 1 is 0.949 bits per heavy atom. The summed E-state index contributed by atoms with van der Waals surface area (Å²) in [6.45, 7) is 0. The van der Waals surface area contributed by atoms with Crippen LogP contribution in [0.3, 0.4) is 0 Å². The van der Waals surface area contributed by atoms with Crippen LogP contribution in [0.25, 0.3) is 33.6 Å². The van der Waals surface area contributed by atoms with E-state index in [0.29, 0.717) is 11.3 Å². The third-order valence-corrected chi connectivity index (χ3v) is 6.43. The van der Waals surface area contributed by atoms with E-state index in [4.69, 9.17) is 9.15 Å². The first-order chi connectivity index (χ1) is 18.7. The zero-order valence-corrected chi connectivity index (χ0v) is 20.4. The van der Waals surface area contributed by atoms with Crippen molar-refractivity contribution in [2.24, 2.45) is 0 Å². The summed E-state index contributed by atoms with van der Waals surface area (Å²) < 4.78 is 10.8. The first-order valence-electron chi connectivity index (χ1n) is 11.6. The average Bonchev–Trinajstić information content (AvgIpc) is 3.41. The summed E-state index contributed by atoms with van der Waals surface area (Å²) in [6.07, 6.45) is 1.15. The molecule has 11 heteroatoms. The number of phenols is 4. The van der Waals surface area contributed by atoms with Crippen LogP contribution in [-0.2, 0) is 9.53 Å². The van der Waals surface area contributed by atoms with Gasteiger partial charge in [-0.1, -0.05) is 30.3 Å². The van der Waals surface area contributed by atoms with Gasteiger partial charge in [0, 0.05) is 28.7 Å². The van der Waals surface area contributed by atoms with Crippen LogP contribution in [0.4, 0.5) is 0 Å². The molecule has 39 heavy (non-hydrogen) atoms. The van der Waals surface area contributed by atoms with Gasteiger partial charge in [0.25, 0.3) is 0 Å². The maximum absolute atomic E-state index is 13.3. The second kappa shape index (κ2) is 9.78. The van der Waals surface area contributed by atoms with Gasteiger partial charge in [0.2, 0.25) is 11.2 Å². The van der Waals surface area contributed by atoms with Crippen LogP contribution in [0.1, 0.15) is 23.5 Å². The molecule has 0 fully saturated rings. The third kappa shape index (κ3) is 4.35. The number of methoxy groups -OCH3 is 1. The first-order valence-corrected chi connectivity index (χ1v) is 11.6. The van der Waals surface area contributed by atoms with E-state index in [2.05, 4.69) is 10.2 Å². The molecule has 2 aromatic heterocycles. The number of carbonyl (C=O) groups is 1. The van der Waals surface area contributed by atoms with E-state index in [1.165, 1.54) is 19.4 Å². The fraction of sp³-hybridized carbons (Fsp3) is 0.107. The lowest BCUT2D eigenvalue weighted by Crippen LogP contribution is -2.13. The molecule has 0 spiro atoms. The molecular weight excluding hydrogens is 508 g/mol. The Morgan fingerprint density at radius 3 is 2.38 bits per heavy atom. The number of aromatic hydroxyl groups is 5. The number of aromatic amines is 1. The fourth-order valence-corrected chi connectivity index (χ4v) is 4.55.